The summed E-state index contributed by atoms with van der Waals surface area (Å²) in [6.45, 7) is 0.363. The van der Waals surface area contributed by atoms with Crippen LogP contribution in [0.25, 0.3) is 0 Å². The first kappa shape index (κ1) is 20.6. The van der Waals surface area contributed by atoms with E-state index in [1.807, 2.05) is 30.3 Å². The Morgan fingerprint density at radius 2 is 1.75 bits per heavy atom. The van der Waals surface area contributed by atoms with Crippen LogP contribution < -0.4 is 5.32 Å². The Morgan fingerprint density at radius 1 is 1.04 bits per heavy atom. The van der Waals surface area contributed by atoms with E-state index >= 15 is 0 Å². The number of carbonyl (C=O) groups is 1. The fraction of sp³-hybridized carbons (Fsp3) is 0.150. The van der Waals surface area contributed by atoms with E-state index in [9.17, 15) is 9.18 Å². The maximum atomic E-state index is 12.9. The van der Waals surface area contributed by atoms with Gasteiger partial charge in [-0.3, -0.25) is 4.79 Å². The quantitative estimate of drug-likeness (QED) is 0.401. The standard InChI is InChI=1S/C20H17ClFN3OS2/c21-17-4-2-1-3-15(17)11-27-19-9-20(25-13-24-19)28-12-18(26)23-10-14-5-7-16(22)8-6-14/h1-9,13H,10-12H2,(H,23,26). The van der Waals surface area contributed by atoms with Crippen molar-refractivity contribution in [2.45, 2.75) is 22.3 Å². The molecule has 1 N–H and O–H groups in total. The Kier molecular flexibility index (Phi) is 7.71. The largest absolute Gasteiger partial charge is 0.351 e. The Labute approximate surface area is 176 Å². The van der Waals surface area contributed by atoms with Gasteiger partial charge in [-0.2, -0.15) is 0 Å². The van der Waals surface area contributed by atoms with E-state index in [1.165, 1.54) is 30.2 Å². The van der Waals surface area contributed by atoms with E-state index in [-0.39, 0.29) is 17.5 Å². The van der Waals surface area contributed by atoms with E-state index < -0.39 is 0 Å². The zero-order chi connectivity index (χ0) is 19.8. The Hall–Kier alpha value is -2.09. The fourth-order valence-electron chi connectivity index (χ4n) is 2.24. The van der Waals surface area contributed by atoms with Gasteiger partial charge in [0, 0.05) is 23.4 Å². The minimum absolute atomic E-state index is 0.113. The topological polar surface area (TPSA) is 54.9 Å². The third-order valence-corrected chi connectivity index (χ3v) is 5.97. The molecule has 0 aliphatic rings. The Bertz CT molecular complexity index is 941. The predicted octanol–water partition coefficient (Wildman–Crippen LogP) is 4.97. The van der Waals surface area contributed by atoms with Crippen molar-refractivity contribution in [1.29, 1.82) is 0 Å². The van der Waals surface area contributed by atoms with Gasteiger partial charge in [0.25, 0.3) is 0 Å². The van der Waals surface area contributed by atoms with Gasteiger partial charge in [-0.05, 0) is 29.3 Å². The highest BCUT2D eigenvalue weighted by Gasteiger charge is 2.07. The summed E-state index contributed by atoms with van der Waals surface area (Å²) in [6.07, 6.45) is 1.49. The highest BCUT2D eigenvalue weighted by atomic mass is 35.5. The molecular formula is C20H17ClFN3OS2. The van der Waals surface area contributed by atoms with Crippen LogP contribution in [0.15, 0.2) is 71.0 Å². The van der Waals surface area contributed by atoms with Crippen molar-refractivity contribution in [2.24, 2.45) is 0 Å². The number of hydrogen-bond acceptors (Lipinski definition) is 5. The molecule has 0 unspecified atom stereocenters. The van der Waals surface area contributed by atoms with Gasteiger partial charge in [-0.25, -0.2) is 14.4 Å². The summed E-state index contributed by atoms with van der Waals surface area (Å²) in [5.41, 5.74) is 1.89. The van der Waals surface area contributed by atoms with Crippen LogP contribution in [-0.4, -0.2) is 21.6 Å². The summed E-state index contributed by atoms with van der Waals surface area (Å²) in [5, 5.41) is 5.10. The molecule has 0 atom stereocenters. The summed E-state index contributed by atoms with van der Waals surface area (Å²) in [7, 11) is 0. The summed E-state index contributed by atoms with van der Waals surface area (Å²) in [4.78, 5) is 20.5. The average Bonchev–Trinajstić information content (AvgIpc) is 2.71. The number of benzene rings is 2. The van der Waals surface area contributed by atoms with Crippen LogP contribution in [0.4, 0.5) is 4.39 Å². The van der Waals surface area contributed by atoms with Crippen molar-refractivity contribution in [1.82, 2.24) is 15.3 Å². The minimum Gasteiger partial charge on any atom is -0.351 e. The van der Waals surface area contributed by atoms with E-state index in [0.29, 0.717) is 12.3 Å². The van der Waals surface area contributed by atoms with Crippen LogP contribution in [0, 0.1) is 5.82 Å². The number of thioether (sulfide) groups is 2. The smallest absolute Gasteiger partial charge is 0.230 e. The maximum absolute atomic E-state index is 12.9. The third kappa shape index (κ3) is 6.51. The first-order chi connectivity index (χ1) is 13.6. The molecule has 0 aliphatic carbocycles. The second kappa shape index (κ2) is 10.5. The number of nitrogens with zero attached hydrogens (tertiary/aromatic N) is 2. The molecule has 4 nitrogen and oxygen atoms in total. The third-order valence-electron chi connectivity index (χ3n) is 3.70. The molecule has 144 valence electrons. The molecule has 0 saturated carbocycles. The molecule has 0 fully saturated rings. The van der Waals surface area contributed by atoms with Crippen LogP contribution in [-0.2, 0) is 17.1 Å². The molecule has 0 spiro atoms. The molecule has 2 aromatic carbocycles. The molecular weight excluding hydrogens is 417 g/mol. The highest BCUT2D eigenvalue weighted by Crippen LogP contribution is 2.27. The molecule has 0 saturated heterocycles. The second-order valence-corrected chi connectivity index (χ2v) is 8.16. The zero-order valence-electron chi connectivity index (χ0n) is 14.8. The number of rotatable bonds is 8. The number of hydrogen-bond donors (Lipinski definition) is 1. The molecule has 1 aromatic heterocycles. The minimum atomic E-state index is -0.294. The lowest BCUT2D eigenvalue weighted by molar-refractivity contribution is -0.118. The van der Waals surface area contributed by atoms with Crippen molar-refractivity contribution in [3.63, 3.8) is 0 Å². The van der Waals surface area contributed by atoms with Crippen molar-refractivity contribution < 1.29 is 9.18 Å². The molecule has 1 heterocycles. The number of nitrogens with one attached hydrogen (secondary N) is 1. The zero-order valence-corrected chi connectivity index (χ0v) is 17.2. The lowest BCUT2D eigenvalue weighted by Crippen LogP contribution is -2.24. The lowest BCUT2D eigenvalue weighted by atomic mass is 10.2. The summed E-state index contributed by atoms with van der Waals surface area (Å²) in [6, 6.07) is 15.6. The van der Waals surface area contributed by atoms with Crippen LogP contribution >= 0.6 is 35.1 Å². The molecule has 0 bridgehead atoms. The molecule has 28 heavy (non-hydrogen) atoms. The van der Waals surface area contributed by atoms with Gasteiger partial charge in [0.1, 0.15) is 22.2 Å². The monoisotopic (exact) mass is 433 g/mol. The van der Waals surface area contributed by atoms with Crippen LogP contribution in [0.1, 0.15) is 11.1 Å². The Morgan fingerprint density at radius 3 is 2.50 bits per heavy atom. The van der Waals surface area contributed by atoms with E-state index in [0.717, 1.165) is 26.2 Å². The number of carbonyl (C=O) groups excluding carboxylic acids is 1. The van der Waals surface area contributed by atoms with Crippen LogP contribution in [0.3, 0.4) is 0 Å². The first-order valence-corrected chi connectivity index (χ1v) is 10.8. The van der Waals surface area contributed by atoms with Crippen molar-refractivity contribution >= 4 is 41.0 Å². The maximum Gasteiger partial charge on any atom is 0.230 e. The van der Waals surface area contributed by atoms with Crippen molar-refractivity contribution in [3.8, 4) is 0 Å². The Balaban J connectivity index is 1.46. The molecule has 0 radical (unpaired) electrons. The molecule has 3 aromatic rings. The number of halogens is 2. The predicted molar refractivity (Wildman–Crippen MR) is 112 cm³/mol. The van der Waals surface area contributed by atoms with Gasteiger partial charge in [0.2, 0.25) is 5.91 Å². The summed E-state index contributed by atoms with van der Waals surface area (Å²) < 4.78 is 12.9. The molecule has 0 aliphatic heterocycles. The first-order valence-electron chi connectivity index (χ1n) is 8.42. The second-order valence-electron chi connectivity index (χ2n) is 5.77. The number of amides is 1. The van der Waals surface area contributed by atoms with E-state index in [4.69, 9.17) is 11.6 Å². The molecule has 3 rings (SSSR count). The average molecular weight is 434 g/mol. The molecule has 1 amide bonds. The summed E-state index contributed by atoms with van der Waals surface area (Å²) in [5.74, 6) is 0.544. The van der Waals surface area contributed by atoms with Gasteiger partial charge in [-0.1, -0.05) is 53.7 Å². The fourth-order valence-corrected chi connectivity index (χ4v) is 4.17. The van der Waals surface area contributed by atoms with Gasteiger partial charge in [0.15, 0.2) is 0 Å². The number of aromatic nitrogens is 2. The van der Waals surface area contributed by atoms with E-state index in [1.54, 1.807) is 23.9 Å². The van der Waals surface area contributed by atoms with Crippen molar-refractivity contribution in [3.05, 3.63) is 82.9 Å². The van der Waals surface area contributed by atoms with Gasteiger partial charge < -0.3 is 5.32 Å². The van der Waals surface area contributed by atoms with Crippen LogP contribution in [0.5, 0.6) is 0 Å². The SMILES string of the molecule is O=C(CSc1cc(SCc2ccccc2Cl)ncn1)NCc1ccc(F)cc1. The lowest BCUT2D eigenvalue weighted by Gasteiger charge is -2.06. The summed E-state index contributed by atoms with van der Waals surface area (Å²) >= 11 is 9.08. The molecule has 8 heteroatoms. The van der Waals surface area contributed by atoms with Gasteiger partial charge in [-0.15, -0.1) is 11.8 Å². The van der Waals surface area contributed by atoms with E-state index in [2.05, 4.69) is 15.3 Å². The van der Waals surface area contributed by atoms with Gasteiger partial charge in [0.05, 0.1) is 5.75 Å². The normalized spacial score (nSPS) is 10.6. The highest BCUT2D eigenvalue weighted by molar-refractivity contribution is 8.00. The van der Waals surface area contributed by atoms with Crippen LogP contribution in [0.2, 0.25) is 5.02 Å². The van der Waals surface area contributed by atoms with Gasteiger partial charge >= 0.3 is 0 Å². The van der Waals surface area contributed by atoms with Crippen molar-refractivity contribution in [2.75, 3.05) is 5.75 Å².